The molecule has 10 rings (SSSR count). The number of methoxy groups -OCH3 is 2. The van der Waals surface area contributed by atoms with Gasteiger partial charge >= 0.3 is 12.2 Å². The number of amidine groups is 2. The number of fused-ring (bicyclic) bond motifs is 2. The van der Waals surface area contributed by atoms with Crippen LogP contribution in [-0.2, 0) is 54.1 Å². The van der Waals surface area contributed by atoms with E-state index in [0.29, 0.717) is 76.8 Å². The average Bonchev–Trinajstić information content (AvgIpc) is 1.36. The Hall–Kier alpha value is -9.12. The number of carbonyl (C=O) groups is 6. The van der Waals surface area contributed by atoms with Gasteiger partial charge < -0.3 is 39.1 Å². The molecule has 6 aromatic carbocycles. The number of nitrogens with one attached hydrogen (secondary N) is 2. The number of carbonyl (C=O) groups excluding carboxylic acids is 6. The summed E-state index contributed by atoms with van der Waals surface area (Å²) in [6.07, 6.45) is 40.3. The first-order valence-electron chi connectivity index (χ1n) is 49.6. The summed E-state index contributed by atoms with van der Waals surface area (Å²) >= 11 is 2.91. The van der Waals surface area contributed by atoms with Gasteiger partial charge in [0.2, 0.25) is 0 Å². The first-order chi connectivity index (χ1) is 64.3. The van der Waals surface area contributed by atoms with Crippen molar-refractivity contribution in [1.29, 1.82) is 0 Å². The van der Waals surface area contributed by atoms with E-state index in [9.17, 15) is 36.0 Å². The third-order valence-electron chi connectivity index (χ3n) is 25.1. The first kappa shape index (κ1) is 109. The van der Waals surface area contributed by atoms with Crippen molar-refractivity contribution in [3.63, 3.8) is 0 Å². The molecule has 2 N–H and O–H groups in total. The average molecular weight is 1920 g/mol. The van der Waals surface area contributed by atoms with Crippen molar-refractivity contribution >= 4 is 114 Å². The molecule has 0 aliphatic carbocycles. The van der Waals surface area contributed by atoms with Gasteiger partial charge in [-0.15, -0.1) is 11.8 Å². The van der Waals surface area contributed by atoms with E-state index in [4.69, 9.17) is 38.4 Å². The molecule has 28 heteroatoms. The van der Waals surface area contributed by atoms with E-state index in [1.165, 1.54) is 212 Å². The van der Waals surface area contributed by atoms with Crippen molar-refractivity contribution in [1.82, 2.24) is 18.4 Å². The Morgan fingerprint density at radius 3 is 1.27 bits per heavy atom. The van der Waals surface area contributed by atoms with Crippen LogP contribution in [0.3, 0.4) is 0 Å². The molecule has 0 bridgehead atoms. The van der Waals surface area contributed by atoms with Gasteiger partial charge in [-0.25, -0.2) is 46.2 Å². The molecule has 4 aliphatic heterocycles. The van der Waals surface area contributed by atoms with E-state index < -0.39 is 79.1 Å². The second-order valence-electron chi connectivity index (χ2n) is 37.9. The smallest absolute Gasteiger partial charge is 0.418 e. The molecular formula is C106H152N8O16S4. The second-order valence-corrected chi connectivity index (χ2v) is 43.7. The standard InChI is InChI=1S/C54H78N4O8S2.C52H74N4O8S2/c1-8-11-13-14-15-16-17-18-19-20-21-22-23-24-25-28-36-57-50(55-43-30-26-27-31-48(43)68(57,62)63)49(58-52(60)54(5,6)66-53(58)61)51(59)56-44-38-42(64-7)33-35-46(44)67-47-37-40(4)32-34-45(47)65-39-41(10-3)29-12-9-2;1-8-9-10-11-12-13-14-15-16-17-18-19-20-21-22-25-35-55-47(53-42-27-23-24-28-45(42)66(55,60)61)46(56-49(58)52(5,6)64-50(56)59)48(57)54-43-38-39(51(2,3)4)29-34-44(43)65-37-26-36-63-41-32-30-40(62-7)31-33-41/h26-27,30-35,37-38,41,49H,8-25,28-29,36,39H2,1-7H3,(H,56,59);23-24,27-34,38,46H,8-22,25-26,35-37H2,1-7H3,(H,54,57). The van der Waals surface area contributed by atoms with Crippen molar-refractivity contribution in [2.24, 2.45) is 15.9 Å². The van der Waals surface area contributed by atoms with Crippen LogP contribution in [0.15, 0.2) is 162 Å². The van der Waals surface area contributed by atoms with Gasteiger partial charge in [0.15, 0.2) is 35.0 Å². The number of para-hydroxylation sites is 2. The Balaban J connectivity index is 0.000000301. The lowest BCUT2D eigenvalue weighted by Gasteiger charge is -2.35. The van der Waals surface area contributed by atoms with Gasteiger partial charge in [-0.1, -0.05) is 309 Å². The molecule has 0 spiro atoms. The number of anilines is 2. The van der Waals surface area contributed by atoms with E-state index >= 15 is 9.59 Å². The highest BCUT2D eigenvalue weighted by Crippen LogP contribution is 2.45. The maximum Gasteiger partial charge on any atom is 0.418 e. The molecule has 6 amide bonds. The molecular weight excluding hydrogens is 1770 g/mol. The van der Waals surface area contributed by atoms with E-state index in [0.717, 1.165) is 123 Å². The number of hydrogen-bond donors (Lipinski definition) is 2. The lowest BCUT2D eigenvalue weighted by atomic mass is 9.87. The number of amides is 6. The lowest BCUT2D eigenvalue weighted by Crippen LogP contribution is -2.59. The van der Waals surface area contributed by atoms with E-state index in [1.807, 2.05) is 73.7 Å². The quantitative estimate of drug-likeness (QED) is 0.0265. The zero-order valence-corrected chi connectivity index (χ0v) is 85.7. The van der Waals surface area contributed by atoms with Crippen molar-refractivity contribution in [3.8, 4) is 23.0 Å². The van der Waals surface area contributed by atoms with Gasteiger partial charge in [-0.2, -0.15) is 0 Å². The summed E-state index contributed by atoms with van der Waals surface area (Å²) in [6.45, 7) is 23.9. The monoisotopic (exact) mass is 1920 g/mol. The largest absolute Gasteiger partial charge is 0.497 e. The predicted molar refractivity (Wildman–Crippen MR) is 540 cm³/mol. The number of imide groups is 2. The fraction of sp³-hybridized carbons (Fsp3) is 0.585. The molecule has 24 nitrogen and oxygen atoms in total. The molecule has 4 aliphatic rings. The van der Waals surface area contributed by atoms with E-state index in [2.05, 4.69) is 59.1 Å². The lowest BCUT2D eigenvalue weighted by molar-refractivity contribution is -0.137. The first-order valence-corrected chi connectivity index (χ1v) is 54.3. The van der Waals surface area contributed by atoms with Gasteiger partial charge in [0.25, 0.3) is 43.7 Å². The summed E-state index contributed by atoms with van der Waals surface area (Å²) in [4.78, 5) is 99.0. The topological polar surface area (TPSA) is 288 Å². The molecule has 0 aromatic heterocycles. The summed E-state index contributed by atoms with van der Waals surface area (Å²) in [7, 11) is -5.42. The molecule has 736 valence electrons. The zero-order valence-electron chi connectivity index (χ0n) is 82.4. The molecule has 2 fully saturated rings. The third-order valence-corrected chi connectivity index (χ3v) is 31.1. The van der Waals surface area contributed by atoms with Crippen molar-refractivity contribution < 1.29 is 74.0 Å². The van der Waals surface area contributed by atoms with Gasteiger partial charge in [0, 0.05) is 34.7 Å². The minimum atomic E-state index is -4.29. The summed E-state index contributed by atoms with van der Waals surface area (Å²) in [6, 6.07) is 33.5. The van der Waals surface area contributed by atoms with Crippen LogP contribution < -0.4 is 29.6 Å². The molecule has 0 radical (unpaired) electrons. The van der Waals surface area contributed by atoms with Gasteiger partial charge in [0.1, 0.15) is 32.8 Å². The normalized spacial score (nSPS) is 15.9. The van der Waals surface area contributed by atoms with Crippen LogP contribution in [0.25, 0.3) is 0 Å². The number of sulfonamides is 2. The fourth-order valence-electron chi connectivity index (χ4n) is 16.9. The zero-order chi connectivity index (χ0) is 96.9. The van der Waals surface area contributed by atoms with Gasteiger partial charge in [-0.05, 0) is 168 Å². The number of rotatable bonds is 59. The predicted octanol–water partition coefficient (Wildman–Crippen LogP) is 26.4. The Morgan fingerprint density at radius 1 is 0.455 bits per heavy atom. The number of aryl methyl sites for hydroxylation is 1. The Labute approximate surface area is 809 Å². The molecule has 3 atom stereocenters. The van der Waals surface area contributed by atoms with Gasteiger partial charge in [0.05, 0.1) is 55.1 Å². The van der Waals surface area contributed by atoms with E-state index in [-0.39, 0.29) is 51.3 Å². The number of ether oxygens (including phenoxy) is 6. The number of hydrogen-bond acceptors (Lipinski definition) is 20. The SMILES string of the molecule is CCCCCCCCCCCCCCCCCCN1C(C(C(=O)Nc2cc(C(C)(C)C)ccc2SCCCOc2ccc(OC)cc2)N2C(=O)OC(C)(C)C2=O)=Nc2ccccc2S1(=O)=O.CCCCCCCCCCCCCCCCCCN1C(C(C(=O)Nc2cc(OC)ccc2Sc2cc(C)ccc2OCC(CC)CCCC)N2C(=O)OC(C)(C)C2=O)=Nc2ccccc2S1(=O)=O. The van der Waals surface area contributed by atoms with Crippen LogP contribution in [0.1, 0.15) is 325 Å². The van der Waals surface area contributed by atoms with Crippen LogP contribution in [0, 0.1) is 12.8 Å². The summed E-state index contributed by atoms with van der Waals surface area (Å²) in [5.41, 5.74) is -0.544. The van der Waals surface area contributed by atoms with Crippen molar-refractivity contribution in [3.05, 3.63) is 139 Å². The molecule has 4 heterocycles. The number of unbranched alkanes of at least 4 members (excludes halogenated alkanes) is 31. The Morgan fingerprint density at radius 2 is 0.858 bits per heavy atom. The van der Waals surface area contributed by atoms with Crippen LogP contribution in [-0.4, -0.2) is 152 Å². The summed E-state index contributed by atoms with van der Waals surface area (Å²) in [5, 5.41) is 6.01. The van der Waals surface area contributed by atoms with Crippen LogP contribution in [0.4, 0.5) is 32.3 Å². The van der Waals surface area contributed by atoms with Crippen LogP contribution in [0.2, 0.25) is 0 Å². The van der Waals surface area contributed by atoms with Crippen LogP contribution in [0.5, 0.6) is 23.0 Å². The molecule has 134 heavy (non-hydrogen) atoms. The van der Waals surface area contributed by atoms with Crippen molar-refractivity contribution in [2.45, 2.75) is 374 Å². The summed E-state index contributed by atoms with van der Waals surface area (Å²) in [5.74, 6) is -0.0192. The minimum Gasteiger partial charge on any atom is -0.497 e. The summed E-state index contributed by atoms with van der Waals surface area (Å²) < 4.78 is 94.9. The maximum absolute atomic E-state index is 15.1. The highest BCUT2D eigenvalue weighted by atomic mass is 32.2. The number of cyclic esters (lactones) is 2. The van der Waals surface area contributed by atoms with Crippen molar-refractivity contribution in [2.75, 3.05) is 56.9 Å². The number of thioether (sulfide) groups is 1. The van der Waals surface area contributed by atoms with E-state index in [1.54, 1.807) is 55.6 Å². The Kier molecular flexibility index (Phi) is 43.8. The second kappa shape index (κ2) is 54.1. The highest BCUT2D eigenvalue weighted by molar-refractivity contribution is 7.99. The highest BCUT2D eigenvalue weighted by Gasteiger charge is 2.57. The molecule has 2 saturated heterocycles. The number of benzene rings is 6. The molecule has 3 unspecified atom stereocenters. The molecule has 0 saturated carbocycles. The maximum atomic E-state index is 15.1. The van der Waals surface area contributed by atoms with Gasteiger partial charge in [-0.3, -0.25) is 27.8 Å². The minimum absolute atomic E-state index is 0.00686. The molecule has 6 aromatic rings. The Bertz CT molecular complexity index is 5090. The van der Waals surface area contributed by atoms with Crippen LogP contribution >= 0.6 is 23.5 Å². The number of nitrogens with zero attached hydrogens (tertiary/aromatic N) is 6. The fourth-order valence-corrected chi connectivity index (χ4v) is 22.2. The third kappa shape index (κ3) is 31.5. The number of aliphatic imine (C=N–C) groups is 2.